The first kappa shape index (κ1) is 19.2. The molecule has 1 amide bonds. The monoisotopic (exact) mass is 365 g/mol. The molecule has 4 nitrogen and oxygen atoms in total. The highest BCUT2D eigenvalue weighted by molar-refractivity contribution is 5.98. The van der Waals surface area contributed by atoms with Gasteiger partial charge in [-0.2, -0.15) is 0 Å². The highest BCUT2D eigenvalue weighted by atomic mass is 16.5. The van der Waals surface area contributed by atoms with Crippen molar-refractivity contribution in [2.45, 2.75) is 45.6 Å². The molecule has 142 valence electrons. The zero-order chi connectivity index (χ0) is 19.4. The summed E-state index contributed by atoms with van der Waals surface area (Å²) >= 11 is 0. The van der Waals surface area contributed by atoms with Crippen LogP contribution in [0, 0.1) is 6.92 Å². The number of fused-ring (bicyclic) bond motifs is 1. The molecule has 2 aromatic rings. The molecule has 0 unspecified atom stereocenters. The van der Waals surface area contributed by atoms with Crippen molar-refractivity contribution in [3.8, 4) is 5.75 Å². The third-order valence-corrected chi connectivity index (χ3v) is 5.26. The Morgan fingerprint density at radius 3 is 2.59 bits per heavy atom. The predicted molar refractivity (Wildman–Crippen MR) is 106 cm³/mol. The minimum Gasteiger partial charge on any atom is -0.496 e. The molecule has 3 rings (SSSR count). The largest absolute Gasteiger partial charge is 0.496 e. The fourth-order valence-electron chi connectivity index (χ4n) is 3.68. The van der Waals surface area contributed by atoms with Crippen molar-refractivity contribution in [3.05, 3.63) is 64.2 Å². The van der Waals surface area contributed by atoms with Crippen LogP contribution in [0.5, 0.6) is 5.75 Å². The molecule has 0 aliphatic heterocycles. The molecule has 27 heavy (non-hydrogen) atoms. The quantitative estimate of drug-likeness (QED) is 0.694. The maximum Gasteiger partial charge on any atom is 0.223 e. The van der Waals surface area contributed by atoms with E-state index in [1.165, 1.54) is 17.5 Å². The molecule has 4 heteroatoms. The Balaban J connectivity index is 1.57. The van der Waals surface area contributed by atoms with Crippen LogP contribution in [0.1, 0.15) is 51.9 Å². The molecule has 0 aromatic heterocycles. The minimum absolute atomic E-state index is 0.0342. The smallest absolute Gasteiger partial charge is 0.223 e. The zero-order valence-corrected chi connectivity index (χ0v) is 16.4. The average molecular weight is 365 g/mol. The molecule has 1 aliphatic rings. The Morgan fingerprint density at radius 1 is 1.04 bits per heavy atom. The molecular formula is C23H27NO3. The second-order valence-corrected chi connectivity index (χ2v) is 7.33. The van der Waals surface area contributed by atoms with Gasteiger partial charge in [0.1, 0.15) is 5.75 Å². The van der Waals surface area contributed by atoms with E-state index < -0.39 is 0 Å². The Morgan fingerprint density at radius 2 is 1.81 bits per heavy atom. The Labute approximate surface area is 161 Å². The molecular weight excluding hydrogens is 338 g/mol. The maximum atomic E-state index is 12.5. The molecule has 0 bridgehead atoms. The number of amides is 1. The minimum atomic E-state index is -0.0342. The number of aryl methyl sites for hydroxylation is 3. The lowest BCUT2D eigenvalue weighted by atomic mass is 10.0. The third-order valence-electron chi connectivity index (χ3n) is 5.26. The molecule has 0 saturated heterocycles. The van der Waals surface area contributed by atoms with Crippen LogP contribution in [0.3, 0.4) is 0 Å². The number of carbonyl (C=O) groups excluding carboxylic acids is 2. The summed E-state index contributed by atoms with van der Waals surface area (Å²) < 4.78 is 5.38. The summed E-state index contributed by atoms with van der Waals surface area (Å²) in [5, 5.41) is 0. The second-order valence-electron chi connectivity index (χ2n) is 7.33. The maximum absolute atomic E-state index is 12.5. The average Bonchev–Trinajstić information content (AvgIpc) is 3.13. The van der Waals surface area contributed by atoms with Crippen LogP contribution in [-0.2, 0) is 24.2 Å². The molecule has 0 heterocycles. The van der Waals surface area contributed by atoms with Gasteiger partial charge in [0.2, 0.25) is 5.91 Å². The van der Waals surface area contributed by atoms with E-state index in [1.54, 1.807) is 19.1 Å². The fourth-order valence-corrected chi connectivity index (χ4v) is 3.68. The van der Waals surface area contributed by atoms with Crippen LogP contribution in [0.2, 0.25) is 0 Å². The van der Waals surface area contributed by atoms with Gasteiger partial charge in [0.15, 0.2) is 5.78 Å². The summed E-state index contributed by atoms with van der Waals surface area (Å²) in [5.41, 5.74) is 5.47. The van der Waals surface area contributed by atoms with Gasteiger partial charge in [-0.05, 0) is 49.4 Å². The molecule has 0 fully saturated rings. The highest BCUT2D eigenvalue weighted by Gasteiger charge is 2.17. The van der Waals surface area contributed by atoms with E-state index in [-0.39, 0.29) is 24.5 Å². The van der Waals surface area contributed by atoms with E-state index in [9.17, 15) is 9.59 Å². The van der Waals surface area contributed by atoms with Crippen molar-refractivity contribution >= 4 is 11.7 Å². The van der Waals surface area contributed by atoms with E-state index in [0.717, 1.165) is 35.3 Å². The van der Waals surface area contributed by atoms with E-state index in [1.807, 2.05) is 37.3 Å². The molecule has 0 spiro atoms. The van der Waals surface area contributed by atoms with Gasteiger partial charge in [-0.1, -0.05) is 29.8 Å². The van der Waals surface area contributed by atoms with Crippen molar-refractivity contribution < 1.29 is 14.3 Å². The van der Waals surface area contributed by atoms with Crippen LogP contribution < -0.4 is 4.74 Å². The van der Waals surface area contributed by atoms with Crippen molar-refractivity contribution in [2.75, 3.05) is 14.2 Å². The number of nitrogens with zero attached hydrogens (tertiary/aromatic N) is 1. The summed E-state index contributed by atoms with van der Waals surface area (Å²) in [5.74, 6) is 0.780. The highest BCUT2D eigenvalue weighted by Crippen LogP contribution is 2.24. The number of rotatable bonds is 7. The standard InChI is InChI=1S/C23H27NO3/c1-16-7-11-22(27-3)20(13-16)15-24(2)23(26)12-10-21(25)19-9-8-17-5-4-6-18(17)14-19/h7-9,11,13-14H,4-6,10,12,15H2,1-3H3. The molecule has 0 radical (unpaired) electrons. The summed E-state index contributed by atoms with van der Waals surface area (Å²) in [6, 6.07) is 11.9. The molecule has 0 saturated carbocycles. The van der Waals surface area contributed by atoms with Crippen LogP contribution in [0.4, 0.5) is 0 Å². The van der Waals surface area contributed by atoms with Crippen LogP contribution in [0.15, 0.2) is 36.4 Å². The van der Waals surface area contributed by atoms with E-state index >= 15 is 0 Å². The third kappa shape index (κ3) is 4.57. The van der Waals surface area contributed by atoms with Gasteiger partial charge in [0.25, 0.3) is 0 Å². The molecule has 1 aliphatic carbocycles. The van der Waals surface area contributed by atoms with Crippen LogP contribution in [0.25, 0.3) is 0 Å². The first-order chi connectivity index (χ1) is 13.0. The number of benzene rings is 2. The summed E-state index contributed by atoms with van der Waals surface area (Å²) in [7, 11) is 3.40. The topological polar surface area (TPSA) is 46.6 Å². The Kier molecular flexibility index (Phi) is 5.94. The van der Waals surface area contributed by atoms with Gasteiger partial charge in [0.05, 0.1) is 7.11 Å². The van der Waals surface area contributed by atoms with Gasteiger partial charge in [-0.25, -0.2) is 0 Å². The number of hydrogen-bond donors (Lipinski definition) is 0. The van der Waals surface area contributed by atoms with Crippen molar-refractivity contribution in [2.24, 2.45) is 0 Å². The summed E-state index contributed by atoms with van der Waals surface area (Å²) in [6.45, 7) is 2.48. The number of methoxy groups -OCH3 is 1. The van der Waals surface area contributed by atoms with Gasteiger partial charge >= 0.3 is 0 Å². The number of ether oxygens (including phenoxy) is 1. The predicted octanol–water partition coefficient (Wildman–Crippen LogP) is 4.11. The van der Waals surface area contributed by atoms with Crippen LogP contribution >= 0.6 is 0 Å². The van der Waals surface area contributed by atoms with Gasteiger partial charge in [-0.3, -0.25) is 9.59 Å². The van der Waals surface area contributed by atoms with Crippen molar-refractivity contribution in [3.63, 3.8) is 0 Å². The fraction of sp³-hybridized carbons (Fsp3) is 0.391. The lowest BCUT2D eigenvalue weighted by molar-refractivity contribution is -0.130. The number of carbonyl (C=O) groups is 2. The summed E-state index contributed by atoms with van der Waals surface area (Å²) in [6.07, 6.45) is 3.79. The summed E-state index contributed by atoms with van der Waals surface area (Å²) in [4.78, 5) is 26.6. The van der Waals surface area contributed by atoms with Crippen molar-refractivity contribution in [1.82, 2.24) is 4.90 Å². The second kappa shape index (κ2) is 8.38. The van der Waals surface area contributed by atoms with Gasteiger partial charge in [0, 0.05) is 37.6 Å². The SMILES string of the molecule is COc1ccc(C)cc1CN(C)C(=O)CCC(=O)c1ccc2c(c1)CCC2. The first-order valence-electron chi connectivity index (χ1n) is 9.50. The van der Waals surface area contributed by atoms with Crippen molar-refractivity contribution in [1.29, 1.82) is 0 Å². The molecule has 0 N–H and O–H groups in total. The first-order valence-corrected chi connectivity index (χ1v) is 9.50. The lowest BCUT2D eigenvalue weighted by Gasteiger charge is -2.19. The van der Waals surface area contributed by atoms with Crippen LogP contribution in [-0.4, -0.2) is 30.7 Å². The number of Topliss-reactive ketones (excluding diaryl/α,β-unsaturated/α-hetero) is 1. The van der Waals surface area contributed by atoms with E-state index in [0.29, 0.717) is 6.54 Å². The Bertz CT molecular complexity index is 857. The number of ketones is 1. The van der Waals surface area contributed by atoms with Gasteiger partial charge in [-0.15, -0.1) is 0 Å². The Hall–Kier alpha value is -2.62. The lowest BCUT2D eigenvalue weighted by Crippen LogP contribution is -2.26. The normalized spacial score (nSPS) is 12.6. The molecule has 0 atom stereocenters. The van der Waals surface area contributed by atoms with E-state index in [2.05, 4.69) is 6.07 Å². The van der Waals surface area contributed by atoms with E-state index in [4.69, 9.17) is 4.74 Å². The van der Waals surface area contributed by atoms with Gasteiger partial charge < -0.3 is 9.64 Å². The number of hydrogen-bond acceptors (Lipinski definition) is 3. The zero-order valence-electron chi connectivity index (χ0n) is 16.4. The molecule has 2 aromatic carbocycles.